The number of carbonyl (C=O) groups excluding carboxylic acids is 2. The van der Waals surface area contributed by atoms with Crippen LogP contribution in [-0.4, -0.2) is 359 Å². The summed E-state index contributed by atoms with van der Waals surface area (Å²) in [6.45, 7) is -0.0788. The number of aliphatic hydroxyl groups is 18. The lowest BCUT2D eigenvalue weighted by atomic mass is 9.93. The van der Waals surface area contributed by atoms with Gasteiger partial charge in [0.25, 0.3) is 0 Å². The molecule has 1 aromatic rings. The Hall–Kier alpha value is -3.48. The Balaban J connectivity index is 1.12. The third-order valence-corrected chi connectivity index (χ3v) is 16.5. The van der Waals surface area contributed by atoms with E-state index in [0.29, 0.717) is 5.75 Å². The molecule has 7 aliphatic rings. The van der Waals surface area contributed by atoms with Crippen LogP contribution in [0.2, 0.25) is 0 Å². The van der Waals surface area contributed by atoms with E-state index in [2.05, 4.69) is 10.6 Å². The zero-order valence-corrected chi connectivity index (χ0v) is 49.0. The second-order valence-electron chi connectivity index (χ2n) is 22.8. The van der Waals surface area contributed by atoms with Gasteiger partial charge in [-0.15, -0.1) is 0 Å². The van der Waals surface area contributed by atoms with Crippen molar-refractivity contribution in [3.63, 3.8) is 0 Å². The van der Waals surface area contributed by atoms with E-state index in [0.717, 1.165) is 13.8 Å². The minimum absolute atomic E-state index is 0.0157. The van der Waals surface area contributed by atoms with E-state index >= 15 is 0 Å². The summed E-state index contributed by atoms with van der Waals surface area (Å²) in [6.07, 6.45) is -61.1. The molecule has 37 nitrogen and oxygen atoms in total. The fraction of sp³-hybridized carbons (Fsp3) is 0.849. The van der Waals surface area contributed by atoms with Gasteiger partial charge in [0.1, 0.15) is 164 Å². The third kappa shape index (κ3) is 15.7. The van der Waals surface area contributed by atoms with Crippen LogP contribution in [0.5, 0.6) is 11.5 Å². The Bertz CT molecular complexity index is 2410. The van der Waals surface area contributed by atoms with Gasteiger partial charge in [0.15, 0.2) is 43.8 Å². The average Bonchev–Trinajstić information content (AvgIpc) is 0.986. The molecule has 0 spiro atoms. The van der Waals surface area contributed by atoms with Gasteiger partial charge >= 0.3 is 0 Å². The molecule has 0 aliphatic carbocycles. The number of nitrogens with one attached hydrogen (secondary N) is 2. The second kappa shape index (κ2) is 31.4. The molecule has 2 amide bonds. The number of rotatable bonds is 22. The van der Waals surface area contributed by atoms with Crippen LogP contribution < -0.4 is 20.1 Å². The van der Waals surface area contributed by atoms with Gasteiger partial charge in [-0.3, -0.25) is 9.59 Å². The van der Waals surface area contributed by atoms with Gasteiger partial charge in [-0.25, -0.2) is 0 Å². The molecule has 0 aromatic heterocycles. The van der Waals surface area contributed by atoms with Gasteiger partial charge in [0.2, 0.25) is 18.1 Å². The number of hydrogen-bond donors (Lipinski definition) is 20. The van der Waals surface area contributed by atoms with Crippen LogP contribution in [0.1, 0.15) is 27.7 Å². The summed E-state index contributed by atoms with van der Waals surface area (Å²) >= 11 is 0. The van der Waals surface area contributed by atoms with Gasteiger partial charge in [-0.05, 0) is 38.1 Å². The van der Waals surface area contributed by atoms with Gasteiger partial charge < -0.3 is 174 Å². The van der Waals surface area contributed by atoms with Crippen molar-refractivity contribution in [3.05, 3.63) is 24.3 Å². The molecule has 37 heteroatoms. The van der Waals surface area contributed by atoms with Gasteiger partial charge in [0, 0.05) is 13.8 Å². The largest absolute Gasteiger partial charge is 0.497 e. The summed E-state index contributed by atoms with van der Waals surface area (Å²) in [5, 5.41) is 201. The van der Waals surface area contributed by atoms with E-state index in [1.165, 1.54) is 45.2 Å². The Labute approximate surface area is 512 Å². The molecule has 20 N–H and O–H groups in total. The van der Waals surface area contributed by atoms with Crippen LogP contribution in [0, 0.1) is 0 Å². The average molecular weight is 1310 g/mol. The van der Waals surface area contributed by atoms with Crippen molar-refractivity contribution in [3.8, 4) is 11.5 Å². The van der Waals surface area contributed by atoms with E-state index in [1.807, 2.05) is 0 Å². The maximum absolute atomic E-state index is 13.3. The Kier molecular flexibility index (Phi) is 25.2. The second-order valence-corrected chi connectivity index (χ2v) is 22.8. The number of carbonyl (C=O) groups is 2. The number of methoxy groups -OCH3 is 1. The highest BCUT2D eigenvalue weighted by Gasteiger charge is 2.59. The third-order valence-electron chi connectivity index (χ3n) is 16.5. The Morgan fingerprint density at radius 2 is 0.711 bits per heavy atom. The molecule has 7 heterocycles. The fourth-order valence-electron chi connectivity index (χ4n) is 11.4. The minimum Gasteiger partial charge on any atom is -0.497 e. The number of hydrogen-bond acceptors (Lipinski definition) is 35. The van der Waals surface area contributed by atoms with Crippen LogP contribution >= 0.6 is 0 Å². The lowest BCUT2D eigenvalue weighted by molar-refractivity contribution is -0.387. The van der Waals surface area contributed by atoms with Gasteiger partial charge in [-0.2, -0.15) is 0 Å². The van der Waals surface area contributed by atoms with E-state index in [4.69, 9.17) is 71.1 Å². The normalized spacial score (nSPS) is 47.7. The molecule has 14 unspecified atom stereocenters. The fourth-order valence-corrected chi connectivity index (χ4v) is 11.4. The molecular weight excluding hydrogens is 1220 g/mol. The molecule has 90 heavy (non-hydrogen) atoms. The number of ether oxygens (including phenoxy) is 15. The van der Waals surface area contributed by atoms with Gasteiger partial charge in [-0.1, -0.05) is 0 Å². The minimum atomic E-state index is -2.20. The first kappa shape index (κ1) is 72.4. The maximum Gasteiger partial charge on any atom is 0.229 e. The number of aliphatic hydroxyl groups excluding tert-OH is 18. The first-order valence-corrected chi connectivity index (χ1v) is 28.9. The highest BCUT2D eigenvalue weighted by Crippen LogP contribution is 2.39. The molecule has 7 saturated heterocycles. The lowest BCUT2D eigenvalue weighted by Gasteiger charge is -2.51. The first-order valence-electron chi connectivity index (χ1n) is 28.9. The summed E-state index contributed by atoms with van der Waals surface area (Å²) in [6, 6.07) is 2.20. The van der Waals surface area contributed by atoms with E-state index in [9.17, 15) is 102 Å². The van der Waals surface area contributed by atoms with Crippen molar-refractivity contribution in [2.45, 2.75) is 243 Å². The predicted octanol–water partition coefficient (Wildman–Crippen LogP) is -11.8. The summed E-state index contributed by atoms with van der Waals surface area (Å²) in [5.74, 6) is -1.36. The van der Waals surface area contributed by atoms with Crippen LogP contribution in [-0.2, 0) is 71.2 Å². The number of amides is 2. The van der Waals surface area contributed by atoms with Crippen molar-refractivity contribution < 1.29 is 173 Å². The summed E-state index contributed by atoms with van der Waals surface area (Å²) in [7, 11) is 1.38. The molecule has 8 rings (SSSR count). The quantitative estimate of drug-likeness (QED) is 0.0513. The van der Waals surface area contributed by atoms with E-state index < -0.39 is 260 Å². The molecule has 0 saturated carbocycles. The zero-order valence-electron chi connectivity index (χ0n) is 49.0. The smallest absolute Gasteiger partial charge is 0.229 e. The first-order chi connectivity index (χ1) is 42.7. The predicted molar refractivity (Wildman–Crippen MR) is 284 cm³/mol. The van der Waals surface area contributed by atoms with Gasteiger partial charge in [0.05, 0.1) is 52.4 Å². The van der Waals surface area contributed by atoms with Crippen molar-refractivity contribution in [1.29, 1.82) is 0 Å². The van der Waals surface area contributed by atoms with Crippen molar-refractivity contribution >= 4 is 11.8 Å². The standard InChI is InChI=1S/C53H84N2O35/c1-15-28(62)33(67)38(72)49(78-15)88-44-26(54-17(3)60)47(83-23(12-58)42(44)86-51-40(74)35(69)30(64)21(10-56)81-51)77-14-25-32(66)37(71)46(53(85-25)80-20-8-6-19(76-5)7-9-20)90-48-27(55-18(4)61)45(89-50-39(73)34(68)29(63)16(2)79-50)43(24(13-59)84-48)87-52-41(75)36(70)31(65)22(11-57)82-52/h6-9,15-16,21-53,56-59,62-75H,10-14H2,1-5H3,(H,54,60)(H,55,61)/t15?,16?,21?,22?,23?,24?,25?,26-,27-,28+,29+,30-,31-,32+,33?,34?,35?,36?,37?,38-,39-,40-,41-,42+,43+,44?,45?,46+,47+,48-,49-,50-,51-,52-,53-/m0/s1. The van der Waals surface area contributed by atoms with Crippen molar-refractivity contribution in [2.75, 3.05) is 40.1 Å². The Morgan fingerprint density at radius 3 is 1.12 bits per heavy atom. The summed E-state index contributed by atoms with van der Waals surface area (Å²) in [5.41, 5.74) is 0. The Morgan fingerprint density at radius 1 is 0.378 bits per heavy atom. The van der Waals surface area contributed by atoms with Crippen molar-refractivity contribution in [2.24, 2.45) is 0 Å². The highest BCUT2D eigenvalue weighted by molar-refractivity contribution is 5.73. The molecule has 1 aromatic carbocycles. The summed E-state index contributed by atoms with van der Waals surface area (Å²) in [4.78, 5) is 26.4. The van der Waals surface area contributed by atoms with E-state index in [1.54, 1.807) is 0 Å². The van der Waals surface area contributed by atoms with Crippen LogP contribution in [0.15, 0.2) is 24.3 Å². The molecule has 0 bridgehead atoms. The SMILES string of the molecule is COc1ccc(O[C@H]2OC(CO[C@@H]3OC(CO)[C@@H](O[C@@H]4OC(CO)[C@H](O)C(O)[C@@H]4O)C(O[C@@H]4OC(C)[C@@H](O)C(O)[C@@H]4O)[C@@H]3NC(C)=O)[C@@H](O)C(O)[C@H]2O[C@@H]2OC(CO)[C@@H](O[C@@H]3OC(CO)[C@H](O)C(O)[C@@H]3O)C(O[C@@H]3OC(C)[C@@H](O)C(O)[C@@H]3O)[C@@H]2NC(C)=O)cc1. The van der Waals surface area contributed by atoms with Crippen LogP contribution in [0.25, 0.3) is 0 Å². The highest BCUT2D eigenvalue weighted by atomic mass is 16.8. The summed E-state index contributed by atoms with van der Waals surface area (Å²) < 4.78 is 90.1. The molecule has 0 radical (unpaired) electrons. The monoisotopic (exact) mass is 1310 g/mol. The molecule has 7 aliphatic heterocycles. The topological polar surface area (TPSA) is 561 Å². The lowest BCUT2D eigenvalue weighted by Crippen LogP contribution is -2.71. The molecule has 516 valence electrons. The maximum atomic E-state index is 13.3. The number of benzene rings is 1. The molecular formula is C53H84N2O35. The zero-order chi connectivity index (χ0) is 65.9. The van der Waals surface area contributed by atoms with Crippen LogP contribution in [0.3, 0.4) is 0 Å². The molecule has 35 atom stereocenters. The molecule has 7 fully saturated rings. The van der Waals surface area contributed by atoms with Crippen molar-refractivity contribution in [1.82, 2.24) is 10.6 Å². The van der Waals surface area contributed by atoms with E-state index in [-0.39, 0.29) is 5.75 Å². The van der Waals surface area contributed by atoms with Crippen LogP contribution in [0.4, 0.5) is 0 Å².